The first-order chi connectivity index (χ1) is 15.6. The van der Waals surface area contributed by atoms with Crippen LogP contribution in [0.15, 0.2) is 48.5 Å². The van der Waals surface area contributed by atoms with Gasteiger partial charge in [0.2, 0.25) is 5.91 Å². The highest BCUT2D eigenvalue weighted by Crippen LogP contribution is 2.33. The molecule has 0 atom stereocenters. The molecular weight excluding hydrogens is 402 g/mol. The Morgan fingerprint density at radius 1 is 1.03 bits per heavy atom. The molecule has 1 saturated carbocycles. The Labute approximate surface area is 187 Å². The summed E-state index contributed by atoms with van der Waals surface area (Å²) in [5.74, 6) is 1.79. The molecule has 164 valence electrons. The fourth-order valence-electron chi connectivity index (χ4n) is 4.31. The van der Waals surface area contributed by atoms with E-state index in [-0.39, 0.29) is 17.7 Å². The molecule has 32 heavy (non-hydrogen) atoms. The Morgan fingerprint density at radius 3 is 2.72 bits per heavy atom. The molecule has 2 aromatic carbocycles. The molecule has 2 aliphatic rings. The summed E-state index contributed by atoms with van der Waals surface area (Å²) in [5, 5.41) is 11.8. The Kier molecular flexibility index (Phi) is 5.47. The lowest BCUT2D eigenvalue weighted by atomic mass is 10.1. The zero-order valence-corrected chi connectivity index (χ0v) is 18.3. The van der Waals surface area contributed by atoms with Gasteiger partial charge in [-0.1, -0.05) is 30.7 Å². The largest absolute Gasteiger partial charge is 0.322 e. The molecule has 0 unspecified atom stereocenters. The van der Waals surface area contributed by atoms with Crippen molar-refractivity contribution in [2.45, 2.75) is 45.1 Å². The predicted octanol–water partition coefficient (Wildman–Crippen LogP) is 4.30. The number of rotatable bonds is 5. The van der Waals surface area contributed by atoms with Crippen molar-refractivity contribution in [3.05, 3.63) is 59.9 Å². The third kappa shape index (κ3) is 4.02. The van der Waals surface area contributed by atoms with Crippen molar-refractivity contribution in [3.8, 4) is 11.4 Å². The highest BCUT2D eigenvalue weighted by Gasteiger charge is 2.33. The Balaban J connectivity index is 1.39. The number of anilines is 2. The first-order valence-electron chi connectivity index (χ1n) is 11.3. The molecule has 2 amide bonds. The number of fused-ring (bicyclic) bond motifs is 1. The number of aryl methyl sites for hydroxylation is 1. The maximum absolute atomic E-state index is 13.1. The standard InChI is InChI=1S/C25H27N5O2/c1-29(25(32)17-13-14-17)21-11-5-4-10-20(21)24(31)26-19-9-7-8-18(16-19)23-28-27-22-12-3-2-6-15-30(22)23/h4-5,7-11,16-17H,2-3,6,12-15H2,1H3,(H,26,31). The van der Waals surface area contributed by atoms with Gasteiger partial charge in [-0.2, -0.15) is 0 Å². The quantitative estimate of drug-likeness (QED) is 0.656. The van der Waals surface area contributed by atoms with Gasteiger partial charge < -0.3 is 14.8 Å². The molecule has 0 spiro atoms. The van der Waals surface area contributed by atoms with E-state index >= 15 is 0 Å². The maximum atomic E-state index is 13.1. The number of para-hydroxylation sites is 1. The predicted molar refractivity (Wildman–Crippen MR) is 124 cm³/mol. The van der Waals surface area contributed by atoms with Crippen molar-refractivity contribution in [3.63, 3.8) is 0 Å². The van der Waals surface area contributed by atoms with Gasteiger partial charge >= 0.3 is 0 Å². The van der Waals surface area contributed by atoms with E-state index in [9.17, 15) is 9.59 Å². The van der Waals surface area contributed by atoms with Crippen molar-refractivity contribution >= 4 is 23.2 Å². The average molecular weight is 430 g/mol. The van der Waals surface area contributed by atoms with Crippen LogP contribution in [-0.4, -0.2) is 33.6 Å². The van der Waals surface area contributed by atoms with E-state index in [1.807, 2.05) is 42.5 Å². The summed E-state index contributed by atoms with van der Waals surface area (Å²) < 4.78 is 2.20. The fourth-order valence-corrected chi connectivity index (χ4v) is 4.31. The smallest absolute Gasteiger partial charge is 0.257 e. The molecule has 7 heteroatoms. The van der Waals surface area contributed by atoms with E-state index in [0.717, 1.165) is 55.9 Å². The van der Waals surface area contributed by atoms with Gasteiger partial charge in [-0.05, 0) is 49.9 Å². The molecule has 1 aromatic heterocycles. The number of aromatic nitrogens is 3. The molecule has 1 N–H and O–H groups in total. The molecule has 3 aromatic rings. The van der Waals surface area contributed by atoms with Gasteiger partial charge in [-0.15, -0.1) is 10.2 Å². The van der Waals surface area contributed by atoms with Crippen molar-refractivity contribution < 1.29 is 9.59 Å². The summed E-state index contributed by atoms with van der Waals surface area (Å²) in [7, 11) is 1.74. The number of hydrogen-bond acceptors (Lipinski definition) is 4. The van der Waals surface area contributed by atoms with E-state index in [1.165, 1.54) is 6.42 Å². The van der Waals surface area contributed by atoms with Crippen LogP contribution >= 0.6 is 0 Å². The van der Waals surface area contributed by atoms with Crippen LogP contribution in [0.5, 0.6) is 0 Å². The molecule has 1 aliphatic carbocycles. The molecule has 7 nitrogen and oxygen atoms in total. The molecule has 0 saturated heterocycles. The summed E-state index contributed by atoms with van der Waals surface area (Å²) in [4.78, 5) is 27.3. The second-order valence-electron chi connectivity index (χ2n) is 8.63. The minimum atomic E-state index is -0.242. The number of nitrogens with zero attached hydrogens (tertiary/aromatic N) is 4. The van der Waals surface area contributed by atoms with Gasteiger partial charge in [0.05, 0.1) is 11.3 Å². The Hall–Kier alpha value is -3.48. The highest BCUT2D eigenvalue weighted by atomic mass is 16.2. The fraction of sp³-hybridized carbons (Fsp3) is 0.360. The Morgan fingerprint density at radius 2 is 1.88 bits per heavy atom. The van der Waals surface area contributed by atoms with Gasteiger partial charge in [0.1, 0.15) is 5.82 Å². The first-order valence-corrected chi connectivity index (χ1v) is 11.3. The van der Waals surface area contributed by atoms with Crippen LogP contribution in [0.25, 0.3) is 11.4 Å². The summed E-state index contributed by atoms with van der Waals surface area (Å²) in [6, 6.07) is 14.9. The second-order valence-corrected chi connectivity index (χ2v) is 8.63. The molecular formula is C25H27N5O2. The second kappa shape index (κ2) is 8.57. The van der Waals surface area contributed by atoms with Crippen LogP contribution in [-0.2, 0) is 17.8 Å². The summed E-state index contributed by atoms with van der Waals surface area (Å²) in [5.41, 5.74) is 2.72. The van der Waals surface area contributed by atoms with E-state index in [0.29, 0.717) is 16.9 Å². The van der Waals surface area contributed by atoms with E-state index < -0.39 is 0 Å². The van der Waals surface area contributed by atoms with Crippen molar-refractivity contribution in [2.75, 3.05) is 17.3 Å². The molecule has 0 bridgehead atoms. The maximum Gasteiger partial charge on any atom is 0.257 e. The van der Waals surface area contributed by atoms with Crippen molar-refractivity contribution in [1.29, 1.82) is 0 Å². The molecule has 0 radical (unpaired) electrons. The third-order valence-electron chi connectivity index (χ3n) is 6.26. The van der Waals surface area contributed by atoms with Gasteiger partial charge in [-0.3, -0.25) is 9.59 Å². The van der Waals surface area contributed by atoms with Crippen LogP contribution in [0.3, 0.4) is 0 Å². The minimum Gasteiger partial charge on any atom is -0.322 e. The Bertz CT molecular complexity index is 1160. The van der Waals surface area contributed by atoms with Crippen molar-refractivity contribution in [1.82, 2.24) is 14.8 Å². The monoisotopic (exact) mass is 429 g/mol. The summed E-state index contributed by atoms with van der Waals surface area (Å²) in [6.45, 7) is 0.920. The van der Waals surface area contributed by atoms with Crippen LogP contribution < -0.4 is 10.2 Å². The topological polar surface area (TPSA) is 80.1 Å². The van der Waals surface area contributed by atoms with E-state index in [4.69, 9.17) is 0 Å². The summed E-state index contributed by atoms with van der Waals surface area (Å²) >= 11 is 0. The lowest BCUT2D eigenvalue weighted by Crippen LogP contribution is -2.29. The summed E-state index contributed by atoms with van der Waals surface area (Å²) in [6.07, 6.45) is 6.28. The number of carbonyl (C=O) groups excluding carboxylic acids is 2. The normalized spacial score (nSPS) is 15.5. The number of benzene rings is 2. The zero-order valence-electron chi connectivity index (χ0n) is 18.3. The number of hydrogen-bond donors (Lipinski definition) is 1. The average Bonchev–Trinajstić information content (AvgIpc) is 3.63. The van der Waals surface area contributed by atoms with E-state index in [2.05, 4.69) is 20.1 Å². The number of carbonyl (C=O) groups is 2. The van der Waals surface area contributed by atoms with Crippen LogP contribution in [0.4, 0.5) is 11.4 Å². The number of amides is 2. The third-order valence-corrected chi connectivity index (χ3v) is 6.26. The van der Waals surface area contributed by atoms with Crippen LogP contribution in [0.1, 0.15) is 48.3 Å². The van der Waals surface area contributed by atoms with Gasteiger partial charge in [0.25, 0.3) is 5.91 Å². The van der Waals surface area contributed by atoms with Crippen LogP contribution in [0, 0.1) is 5.92 Å². The zero-order chi connectivity index (χ0) is 22.1. The SMILES string of the molecule is CN(C(=O)C1CC1)c1ccccc1C(=O)Nc1cccc(-c2nnc3n2CCCCC3)c1. The molecule has 1 aliphatic heterocycles. The lowest BCUT2D eigenvalue weighted by Gasteiger charge is -2.20. The van der Waals surface area contributed by atoms with Gasteiger partial charge in [-0.25, -0.2) is 0 Å². The van der Waals surface area contributed by atoms with Crippen LogP contribution in [0.2, 0.25) is 0 Å². The van der Waals surface area contributed by atoms with Crippen molar-refractivity contribution in [2.24, 2.45) is 5.92 Å². The lowest BCUT2D eigenvalue weighted by molar-refractivity contribution is -0.119. The van der Waals surface area contributed by atoms with E-state index in [1.54, 1.807) is 18.0 Å². The highest BCUT2D eigenvalue weighted by molar-refractivity contribution is 6.11. The number of nitrogens with one attached hydrogen (secondary N) is 1. The molecule has 1 fully saturated rings. The first kappa shape index (κ1) is 20.4. The van der Waals surface area contributed by atoms with Gasteiger partial charge in [0.15, 0.2) is 5.82 Å². The molecule has 2 heterocycles. The minimum absolute atomic E-state index is 0.0692. The molecule has 5 rings (SSSR count). The van der Waals surface area contributed by atoms with Gasteiger partial charge in [0, 0.05) is 37.2 Å².